The minimum Gasteiger partial charge on any atom is -0.478 e. The molecule has 1 aromatic carbocycles. The molecule has 0 radical (unpaired) electrons. The number of halogens is 1. The van der Waals surface area contributed by atoms with Crippen LogP contribution in [0.2, 0.25) is 0 Å². The van der Waals surface area contributed by atoms with Gasteiger partial charge in [-0.2, -0.15) is 4.31 Å². The van der Waals surface area contributed by atoms with Crippen molar-refractivity contribution in [2.24, 2.45) is 5.92 Å². The predicted molar refractivity (Wildman–Crippen MR) is 84.7 cm³/mol. The van der Waals surface area contributed by atoms with Gasteiger partial charge in [0, 0.05) is 23.3 Å². The van der Waals surface area contributed by atoms with Gasteiger partial charge in [-0.3, -0.25) is 0 Å². The zero-order valence-electron chi connectivity index (χ0n) is 11.2. The van der Waals surface area contributed by atoms with Crippen LogP contribution in [-0.2, 0) is 10.0 Å². The first-order valence-corrected chi connectivity index (χ1v) is 9.02. The summed E-state index contributed by atoms with van der Waals surface area (Å²) in [5.74, 6) is -1.00. The van der Waals surface area contributed by atoms with Crippen LogP contribution in [0.3, 0.4) is 0 Å². The molecule has 1 aliphatic rings. The molecule has 2 N–H and O–H groups in total. The monoisotopic (exact) mass is 425 g/mol. The number of carboxylic acid groups (broad SMARTS) is 1. The van der Waals surface area contributed by atoms with Gasteiger partial charge in [0.05, 0.1) is 10.5 Å². The number of hydrogen-bond donors (Lipinski definition) is 2. The Morgan fingerprint density at radius 1 is 1.33 bits per heavy atom. The average molecular weight is 425 g/mol. The number of benzene rings is 1. The van der Waals surface area contributed by atoms with E-state index < -0.39 is 16.0 Å². The molecule has 1 aliphatic heterocycles. The molecule has 1 saturated heterocycles. The van der Waals surface area contributed by atoms with Gasteiger partial charge in [-0.15, -0.1) is 0 Å². The van der Waals surface area contributed by atoms with Crippen LogP contribution in [0.5, 0.6) is 0 Å². The molecule has 0 spiro atoms. The first-order chi connectivity index (χ1) is 9.86. The molecule has 0 aliphatic carbocycles. The van der Waals surface area contributed by atoms with Crippen LogP contribution in [0, 0.1) is 9.49 Å². The maximum Gasteiger partial charge on any atom is 0.336 e. The number of piperidine rings is 1. The molecule has 0 unspecified atom stereocenters. The first-order valence-electron chi connectivity index (χ1n) is 6.50. The van der Waals surface area contributed by atoms with E-state index in [4.69, 9.17) is 10.2 Å². The Bertz CT molecular complexity index is 638. The molecule has 0 atom stereocenters. The summed E-state index contributed by atoms with van der Waals surface area (Å²) >= 11 is 1.87. The van der Waals surface area contributed by atoms with Gasteiger partial charge in [-0.25, -0.2) is 13.2 Å². The minimum atomic E-state index is -3.68. The van der Waals surface area contributed by atoms with Gasteiger partial charge in [-0.1, -0.05) is 0 Å². The maximum atomic E-state index is 12.5. The number of aromatic carboxylic acids is 1. The Morgan fingerprint density at radius 2 is 1.95 bits per heavy atom. The Morgan fingerprint density at radius 3 is 2.48 bits per heavy atom. The standard InChI is InChI=1S/C13H16INO5S/c14-12-2-1-10(7-11(12)13(17)18)21(19,20)15-5-3-9(8-16)4-6-15/h1-2,7,9,16H,3-6,8H2,(H,17,18). The Hall–Kier alpha value is -0.710. The average Bonchev–Trinajstić information content (AvgIpc) is 2.47. The predicted octanol–water partition coefficient (Wildman–Crippen LogP) is 1.38. The van der Waals surface area contributed by atoms with E-state index in [1.807, 2.05) is 22.6 Å². The van der Waals surface area contributed by atoms with Crippen molar-refractivity contribution >= 4 is 38.6 Å². The van der Waals surface area contributed by atoms with Crippen molar-refractivity contribution in [1.29, 1.82) is 0 Å². The second kappa shape index (κ2) is 6.59. The second-order valence-corrected chi connectivity index (χ2v) is 8.08. The van der Waals surface area contributed by atoms with Crippen LogP contribution in [-0.4, -0.2) is 48.6 Å². The molecule has 21 heavy (non-hydrogen) atoms. The molecule has 0 saturated carbocycles. The highest BCUT2D eigenvalue weighted by Crippen LogP contribution is 2.25. The number of carbonyl (C=O) groups is 1. The fourth-order valence-electron chi connectivity index (χ4n) is 2.31. The molecule has 116 valence electrons. The summed E-state index contributed by atoms with van der Waals surface area (Å²) in [5.41, 5.74) is -0.0121. The van der Waals surface area contributed by atoms with Gasteiger partial charge in [0.25, 0.3) is 0 Å². The van der Waals surface area contributed by atoms with E-state index in [1.165, 1.54) is 22.5 Å². The quantitative estimate of drug-likeness (QED) is 0.711. The number of hydrogen-bond acceptors (Lipinski definition) is 4. The lowest BCUT2D eigenvalue weighted by atomic mass is 10.00. The smallest absolute Gasteiger partial charge is 0.336 e. The van der Waals surface area contributed by atoms with Crippen LogP contribution in [0.25, 0.3) is 0 Å². The summed E-state index contributed by atoms with van der Waals surface area (Å²) in [7, 11) is -3.68. The lowest BCUT2D eigenvalue weighted by molar-refractivity contribution is 0.0695. The zero-order valence-corrected chi connectivity index (χ0v) is 14.2. The van der Waals surface area contributed by atoms with E-state index >= 15 is 0 Å². The number of sulfonamides is 1. The SMILES string of the molecule is O=C(O)c1cc(S(=O)(=O)N2CCC(CO)CC2)ccc1I. The molecule has 0 amide bonds. The van der Waals surface area contributed by atoms with Crippen molar-refractivity contribution in [3.8, 4) is 0 Å². The lowest BCUT2D eigenvalue weighted by Gasteiger charge is -2.30. The van der Waals surface area contributed by atoms with Crippen molar-refractivity contribution in [2.45, 2.75) is 17.7 Å². The highest BCUT2D eigenvalue weighted by molar-refractivity contribution is 14.1. The summed E-state index contributed by atoms with van der Waals surface area (Å²) in [4.78, 5) is 11.1. The second-order valence-electron chi connectivity index (χ2n) is 4.98. The highest BCUT2D eigenvalue weighted by Gasteiger charge is 2.29. The summed E-state index contributed by atoms with van der Waals surface area (Å²) in [6.07, 6.45) is 1.23. The van der Waals surface area contributed by atoms with Crippen molar-refractivity contribution in [3.05, 3.63) is 27.3 Å². The van der Waals surface area contributed by atoms with Crippen molar-refractivity contribution in [1.82, 2.24) is 4.31 Å². The molecule has 1 fully saturated rings. The van der Waals surface area contributed by atoms with Crippen molar-refractivity contribution in [3.63, 3.8) is 0 Å². The number of nitrogens with zero attached hydrogens (tertiary/aromatic N) is 1. The lowest BCUT2D eigenvalue weighted by Crippen LogP contribution is -2.39. The number of aliphatic hydroxyl groups is 1. The van der Waals surface area contributed by atoms with E-state index in [9.17, 15) is 13.2 Å². The molecular formula is C13H16INO5S. The number of aliphatic hydroxyl groups excluding tert-OH is 1. The fourth-order valence-corrected chi connectivity index (χ4v) is 4.37. The fraction of sp³-hybridized carbons (Fsp3) is 0.462. The van der Waals surface area contributed by atoms with Crippen LogP contribution in [0.4, 0.5) is 0 Å². The topological polar surface area (TPSA) is 94.9 Å². The van der Waals surface area contributed by atoms with Gasteiger partial charge in [-0.05, 0) is 59.5 Å². The van der Waals surface area contributed by atoms with Gasteiger partial charge < -0.3 is 10.2 Å². The first kappa shape index (κ1) is 16.7. The van der Waals surface area contributed by atoms with Gasteiger partial charge in [0.15, 0.2) is 0 Å². The highest BCUT2D eigenvalue weighted by atomic mass is 127. The summed E-state index contributed by atoms with van der Waals surface area (Å²) < 4.78 is 26.9. The third-order valence-corrected chi connectivity index (χ3v) is 6.47. The van der Waals surface area contributed by atoms with E-state index in [1.54, 1.807) is 0 Å². The van der Waals surface area contributed by atoms with Crippen molar-refractivity contribution < 1.29 is 23.4 Å². The van der Waals surface area contributed by atoms with Gasteiger partial charge in [0.2, 0.25) is 10.0 Å². The van der Waals surface area contributed by atoms with Crippen molar-refractivity contribution in [2.75, 3.05) is 19.7 Å². The summed E-state index contributed by atoms with van der Waals surface area (Å²) in [6, 6.07) is 4.14. The molecule has 0 aromatic heterocycles. The zero-order chi connectivity index (χ0) is 15.6. The van der Waals surface area contributed by atoms with E-state index in [2.05, 4.69) is 0 Å². The van der Waals surface area contributed by atoms with E-state index in [0.717, 1.165) is 0 Å². The Balaban J connectivity index is 2.28. The van der Waals surface area contributed by atoms with Crippen LogP contribution < -0.4 is 0 Å². The summed E-state index contributed by atoms with van der Waals surface area (Å²) in [6.45, 7) is 0.768. The Labute approximate surface area is 137 Å². The molecule has 2 rings (SSSR count). The maximum absolute atomic E-state index is 12.5. The number of rotatable bonds is 4. The molecule has 6 nitrogen and oxygen atoms in total. The summed E-state index contributed by atoms with van der Waals surface area (Å²) in [5, 5.41) is 18.2. The Kier molecular flexibility index (Phi) is 5.23. The molecular weight excluding hydrogens is 409 g/mol. The minimum absolute atomic E-state index is 0.00256. The molecule has 0 bridgehead atoms. The third-order valence-electron chi connectivity index (χ3n) is 3.64. The number of carboxylic acids is 1. The van der Waals surface area contributed by atoms with Crippen LogP contribution in [0.1, 0.15) is 23.2 Å². The molecule has 1 heterocycles. The largest absolute Gasteiger partial charge is 0.478 e. The third kappa shape index (κ3) is 3.55. The van der Waals surface area contributed by atoms with E-state index in [0.29, 0.717) is 29.5 Å². The van der Waals surface area contributed by atoms with Crippen LogP contribution >= 0.6 is 22.6 Å². The molecule has 8 heteroatoms. The normalized spacial score (nSPS) is 17.8. The molecule has 1 aromatic rings. The van der Waals surface area contributed by atoms with E-state index in [-0.39, 0.29) is 23.0 Å². The van der Waals surface area contributed by atoms with Crippen LogP contribution in [0.15, 0.2) is 23.1 Å². The van der Waals surface area contributed by atoms with Gasteiger partial charge in [0.1, 0.15) is 0 Å². The van der Waals surface area contributed by atoms with Gasteiger partial charge >= 0.3 is 5.97 Å².